The average molecular weight is 272 g/mol. The van der Waals surface area contributed by atoms with Crippen LogP contribution in [0, 0.1) is 0 Å². The van der Waals surface area contributed by atoms with Crippen molar-refractivity contribution in [3.63, 3.8) is 0 Å². The van der Waals surface area contributed by atoms with E-state index < -0.39 is 5.62 Å². The van der Waals surface area contributed by atoms with Crippen LogP contribution in [0.4, 0.5) is 5.69 Å². The summed E-state index contributed by atoms with van der Waals surface area (Å²) in [6, 6.07) is 3.44. The molecule has 6 heteroatoms. The summed E-state index contributed by atoms with van der Waals surface area (Å²) in [5.74, 6) is 0. The molecular weight excluding hydrogens is 266 g/mol. The van der Waals surface area contributed by atoms with Crippen LogP contribution in [0.25, 0.3) is 0 Å². The van der Waals surface area contributed by atoms with Gasteiger partial charge in [0.1, 0.15) is 5.50 Å². The second kappa shape index (κ2) is 3.95. The maximum Gasteiger partial charge on any atom is 0.156 e. The molecule has 0 aliphatic carbocycles. The van der Waals surface area contributed by atoms with E-state index in [1.807, 2.05) is 0 Å². The number of rotatable bonds is 0. The van der Waals surface area contributed by atoms with E-state index in [0.29, 0.717) is 10.0 Å². The molecule has 0 radical (unpaired) electrons. The first kappa shape index (κ1) is 10.7. The van der Waals surface area contributed by atoms with E-state index in [1.165, 1.54) is 0 Å². The van der Waals surface area contributed by atoms with Crippen molar-refractivity contribution in [2.45, 2.75) is 11.1 Å². The summed E-state index contributed by atoms with van der Waals surface area (Å²) in [5.41, 5.74) is 0.891. The largest absolute Gasteiger partial charge is 0.357 e. The summed E-state index contributed by atoms with van der Waals surface area (Å²) >= 11 is 23.6. The fraction of sp³-hybridized carbons (Fsp3) is 0.250. The Hall–Kier alpha value is 0.140. The smallest absolute Gasteiger partial charge is 0.156 e. The lowest BCUT2D eigenvalue weighted by atomic mass is 10.1. The van der Waals surface area contributed by atoms with Crippen molar-refractivity contribution >= 4 is 52.1 Å². The highest BCUT2D eigenvalue weighted by Gasteiger charge is 2.23. The molecule has 2 rings (SSSR count). The van der Waals surface area contributed by atoms with Gasteiger partial charge in [0.05, 0.1) is 10.0 Å². The molecule has 2 nitrogen and oxygen atoms in total. The molecule has 1 heterocycles. The van der Waals surface area contributed by atoms with Gasteiger partial charge in [-0.15, -0.1) is 11.6 Å². The van der Waals surface area contributed by atoms with Crippen molar-refractivity contribution < 1.29 is 0 Å². The molecule has 2 atom stereocenters. The van der Waals surface area contributed by atoms with Crippen molar-refractivity contribution in [3.05, 3.63) is 27.7 Å². The van der Waals surface area contributed by atoms with Crippen LogP contribution < -0.4 is 10.6 Å². The van der Waals surface area contributed by atoms with E-state index in [2.05, 4.69) is 10.6 Å². The van der Waals surface area contributed by atoms with Crippen LogP contribution in [0.15, 0.2) is 12.1 Å². The van der Waals surface area contributed by atoms with Gasteiger partial charge in [-0.2, -0.15) is 0 Å². The maximum absolute atomic E-state index is 6.03. The predicted octanol–water partition coefficient (Wildman–Crippen LogP) is 3.77. The van der Waals surface area contributed by atoms with E-state index >= 15 is 0 Å². The van der Waals surface area contributed by atoms with Gasteiger partial charge >= 0.3 is 0 Å². The van der Waals surface area contributed by atoms with Gasteiger partial charge in [-0.1, -0.05) is 34.8 Å². The molecule has 0 saturated carbocycles. The molecule has 1 aromatic carbocycles. The molecule has 0 fully saturated rings. The van der Waals surface area contributed by atoms with Crippen LogP contribution in [0.1, 0.15) is 11.1 Å². The molecule has 0 saturated heterocycles. The molecule has 0 amide bonds. The fourth-order valence-corrected chi connectivity index (χ4v) is 2.24. The maximum atomic E-state index is 6.03. The second-order valence-corrected chi connectivity index (χ2v) is 4.58. The molecule has 14 heavy (non-hydrogen) atoms. The molecule has 76 valence electrons. The predicted molar refractivity (Wildman–Crippen MR) is 61.5 cm³/mol. The normalized spacial score (nSPS) is 25.4. The minimum atomic E-state index is -0.401. The molecule has 1 aliphatic heterocycles. The molecule has 0 unspecified atom stereocenters. The van der Waals surface area contributed by atoms with Crippen molar-refractivity contribution in [3.8, 4) is 0 Å². The van der Waals surface area contributed by atoms with Crippen LogP contribution in [-0.2, 0) is 0 Å². The van der Waals surface area contributed by atoms with Crippen LogP contribution >= 0.6 is 46.4 Å². The standard InChI is InChI=1S/C8H6Cl4N2/c9-4-1-3-6(2-5(4)10)13-8(12)14-7(3)11/h1-2,7-8,13-14H/t7-,8+/m1/s1. The number of fused-ring (bicyclic) bond motifs is 1. The Morgan fingerprint density at radius 3 is 2.43 bits per heavy atom. The summed E-state index contributed by atoms with van der Waals surface area (Å²) < 4.78 is 0. The molecule has 1 aromatic rings. The third-order valence-electron chi connectivity index (χ3n) is 1.94. The Labute approximate surface area is 101 Å². The number of hydrogen-bond acceptors (Lipinski definition) is 2. The Bertz CT molecular complexity index is 369. The summed E-state index contributed by atoms with van der Waals surface area (Å²) in [4.78, 5) is 0. The monoisotopic (exact) mass is 270 g/mol. The van der Waals surface area contributed by atoms with Gasteiger partial charge in [0.2, 0.25) is 0 Å². The third-order valence-corrected chi connectivity index (χ3v) is 3.26. The lowest BCUT2D eigenvalue weighted by molar-refractivity contribution is 0.642. The van der Waals surface area contributed by atoms with Crippen molar-refractivity contribution in [2.75, 3.05) is 5.32 Å². The highest BCUT2D eigenvalue weighted by molar-refractivity contribution is 6.42. The first-order valence-electron chi connectivity index (χ1n) is 3.87. The Balaban J connectivity index is 2.49. The van der Waals surface area contributed by atoms with E-state index in [0.717, 1.165) is 11.3 Å². The number of halogens is 4. The Morgan fingerprint density at radius 1 is 1.07 bits per heavy atom. The van der Waals surface area contributed by atoms with Gasteiger partial charge in [-0.25, -0.2) is 0 Å². The number of alkyl halides is 2. The molecule has 1 aliphatic rings. The van der Waals surface area contributed by atoms with Crippen LogP contribution in [0.5, 0.6) is 0 Å². The van der Waals surface area contributed by atoms with Crippen molar-refractivity contribution in [1.29, 1.82) is 0 Å². The summed E-state index contributed by atoms with van der Waals surface area (Å²) in [6.45, 7) is 0. The summed E-state index contributed by atoms with van der Waals surface area (Å²) in [7, 11) is 0. The first-order chi connectivity index (χ1) is 6.58. The number of hydrogen-bond donors (Lipinski definition) is 2. The average Bonchev–Trinajstić information content (AvgIpc) is 2.08. The van der Waals surface area contributed by atoms with Gasteiger partial charge < -0.3 is 5.32 Å². The van der Waals surface area contributed by atoms with Gasteiger partial charge in [0.15, 0.2) is 5.62 Å². The molecule has 0 aromatic heterocycles. The SMILES string of the molecule is Clc1cc2c(cc1Cl)[C@H](Cl)N[C@@H](Cl)N2. The fourth-order valence-electron chi connectivity index (χ4n) is 1.29. The zero-order valence-electron chi connectivity index (χ0n) is 6.82. The van der Waals surface area contributed by atoms with Crippen LogP contribution in [-0.4, -0.2) is 5.62 Å². The number of anilines is 1. The van der Waals surface area contributed by atoms with Crippen molar-refractivity contribution in [1.82, 2.24) is 5.32 Å². The second-order valence-electron chi connectivity index (χ2n) is 2.89. The van der Waals surface area contributed by atoms with Crippen molar-refractivity contribution in [2.24, 2.45) is 0 Å². The van der Waals surface area contributed by atoms with E-state index in [4.69, 9.17) is 46.4 Å². The highest BCUT2D eigenvalue weighted by atomic mass is 35.5. The van der Waals surface area contributed by atoms with Gasteiger partial charge in [0.25, 0.3) is 0 Å². The Morgan fingerprint density at radius 2 is 1.71 bits per heavy atom. The van der Waals surface area contributed by atoms with Crippen LogP contribution in [0.3, 0.4) is 0 Å². The van der Waals surface area contributed by atoms with Gasteiger partial charge in [-0.05, 0) is 12.1 Å². The molecule has 0 spiro atoms. The van der Waals surface area contributed by atoms with E-state index in [-0.39, 0.29) is 5.50 Å². The quantitative estimate of drug-likeness (QED) is 0.555. The number of benzene rings is 1. The Kier molecular flexibility index (Phi) is 3.01. The highest BCUT2D eigenvalue weighted by Crippen LogP contribution is 2.37. The summed E-state index contributed by atoms with van der Waals surface area (Å²) in [6.07, 6.45) is 0. The summed E-state index contributed by atoms with van der Waals surface area (Å²) in [5, 5.41) is 6.84. The third kappa shape index (κ3) is 1.90. The molecule has 2 N–H and O–H groups in total. The molecule has 0 bridgehead atoms. The van der Waals surface area contributed by atoms with E-state index in [1.54, 1.807) is 12.1 Å². The lowest BCUT2D eigenvalue weighted by Gasteiger charge is -2.28. The van der Waals surface area contributed by atoms with Crippen LogP contribution in [0.2, 0.25) is 10.0 Å². The van der Waals surface area contributed by atoms with Gasteiger partial charge in [-0.3, -0.25) is 5.32 Å². The van der Waals surface area contributed by atoms with E-state index in [9.17, 15) is 0 Å². The topological polar surface area (TPSA) is 24.1 Å². The minimum Gasteiger partial charge on any atom is -0.357 e. The number of nitrogens with one attached hydrogen (secondary N) is 2. The molecular formula is C8H6Cl4N2. The first-order valence-corrected chi connectivity index (χ1v) is 5.50. The zero-order chi connectivity index (χ0) is 10.3. The zero-order valence-corrected chi connectivity index (χ0v) is 9.84. The lowest BCUT2D eigenvalue weighted by Crippen LogP contribution is -2.37. The minimum absolute atomic E-state index is 0.358. The van der Waals surface area contributed by atoms with Gasteiger partial charge in [0, 0.05) is 11.3 Å².